The van der Waals surface area contributed by atoms with Gasteiger partial charge in [0.25, 0.3) is 0 Å². The normalized spacial score (nSPS) is 24.0. The summed E-state index contributed by atoms with van der Waals surface area (Å²) in [4.78, 5) is 28.4. The third-order valence-corrected chi connectivity index (χ3v) is 4.51. The highest BCUT2D eigenvalue weighted by Gasteiger charge is 2.42. The summed E-state index contributed by atoms with van der Waals surface area (Å²) < 4.78 is 11.2. The maximum absolute atomic E-state index is 12.4. The smallest absolute Gasteiger partial charge is 0.410 e. The lowest BCUT2D eigenvalue weighted by molar-refractivity contribution is -0.164. The lowest BCUT2D eigenvalue weighted by atomic mass is 9.98. The highest BCUT2D eigenvalue weighted by molar-refractivity contribution is 5.79. The number of hydrogen-bond acceptors (Lipinski definition) is 4. The molecule has 2 amide bonds. The molecule has 1 aromatic carbocycles. The van der Waals surface area contributed by atoms with Crippen LogP contribution in [0.15, 0.2) is 30.3 Å². The van der Waals surface area contributed by atoms with Crippen molar-refractivity contribution in [2.75, 3.05) is 19.7 Å². The van der Waals surface area contributed by atoms with Crippen LogP contribution in [0.5, 0.6) is 0 Å². The molecule has 0 aliphatic carbocycles. The van der Waals surface area contributed by atoms with E-state index in [1.165, 1.54) is 0 Å². The largest absolute Gasteiger partial charge is 0.444 e. The van der Waals surface area contributed by atoms with Crippen molar-refractivity contribution in [3.05, 3.63) is 35.9 Å². The molecule has 0 aromatic heterocycles. The average Bonchev–Trinajstić information content (AvgIpc) is 2.56. The number of hydrogen-bond donors (Lipinski definition) is 0. The molecule has 6 nitrogen and oxygen atoms in total. The Hall–Kier alpha value is -2.08. The van der Waals surface area contributed by atoms with Crippen molar-refractivity contribution in [3.63, 3.8) is 0 Å². The lowest BCUT2D eigenvalue weighted by Gasteiger charge is -2.46. The van der Waals surface area contributed by atoms with Crippen LogP contribution in [0, 0.1) is 0 Å². The molecule has 0 saturated carbocycles. The van der Waals surface area contributed by atoms with E-state index in [9.17, 15) is 9.59 Å². The Morgan fingerprint density at radius 1 is 1.28 bits per heavy atom. The Morgan fingerprint density at radius 3 is 2.68 bits per heavy atom. The van der Waals surface area contributed by atoms with E-state index < -0.39 is 5.60 Å². The predicted octanol–water partition coefficient (Wildman–Crippen LogP) is 2.42. The number of fused-ring (bicyclic) bond motifs is 1. The Kier molecular flexibility index (Phi) is 4.99. The minimum absolute atomic E-state index is 0.0277. The summed E-state index contributed by atoms with van der Waals surface area (Å²) in [6.45, 7) is 7.24. The second kappa shape index (κ2) is 7.04. The Labute approximate surface area is 148 Å². The Morgan fingerprint density at radius 2 is 2.00 bits per heavy atom. The van der Waals surface area contributed by atoms with Gasteiger partial charge in [0.15, 0.2) is 0 Å². The van der Waals surface area contributed by atoms with Gasteiger partial charge in [-0.3, -0.25) is 4.79 Å². The molecule has 2 saturated heterocycles. The topological polar surface area (TPSA) is 59.1 Å². The first-order chi connectivity index (χ1) is 11.8. The molecule has 2 aliphatic rings. The molecule has 0 radical (unpaired) electrons. The number of morpholine rings is 1. The van der Waals surface area contributed by atoms with Crippen molar-refractivity contribution in [1.82, 2.24) is 9.80 Å². The average molecular weight is 346 g/mol. The second-order valence-corrected chi connectivity index (χ2v) is 7.64. The third kappa shape index (κ3) is 4.31. The minimum atomic E-state index is -0.531. The van der Waals surface area contributed by atoms with E-state index in [4.69, 9.17) is 9.47 Å². The zero-order valence-electron chi connectivity index (χ0n) is 15.1. The van der Waals surface area contributed by atoms with Crippen LogP contribution in [-0.2, 0) is 20.8 Å². The molecule has 2 heterocycles. The van der Waals surface area contributed by atoms with Crippen molar-refractivity contribution in [1.29, 1.82) is 0 Å². The van der Waals surface area contributed by atoms with Crippen LogP contribution in [0.1, 0.15) is 32.8 Å². The van der Waals surface area contributed by atoms with Crippen LogP contribution in [0.3, 0.4) is 0 Å². The number of ether oxygens (including phenoxy) is 2. The SMILES string of the molecule is CC(C)(C)OC(=O)N1CC[C@@H]2OCC(=O)N(Cc3ccccc3)[C@@H]2C1. The molecule has 0 spiro atoms. The van der Waals surface area contributed by atoms with Gasteiger partial charge in [-0.25, -0.2) is 4.79 Å². The van der Waals surface area contributed by atoms with Gasteiger partial charge >= 0.3 is 6.09 Å². The van der Waals surface area contributed by atoms with E-state index in [1.807, 2.05) is 56.0 Å². The van der Waals surface area contributed by atoms with Gasteiger partial charge in [-0.2, -0.15) is 0 Å². The van der Waals surface area contributed by atoms with E-state index in [0.717, 1.165) is 5.56 Å². The maximum atomic E-state index is 12.4. The quantitative estimate of drug-likeness (QED) is 0.825. The lowest BCUT2D eigenvalue weighted by Crippen LogP contribution is -2.62. The molecular weight excluding hydrogens is 320 g/mol. The van der Waals surface area contributed by atoms with E-state index in [1.54, 1.807) is 4.90 Å². The Bertz CT molecular complexity index is 626. The number of rotatable bonds is 2. The standard InChI is InChI=1S/C19H26N2O4/c1-19(2,3)25-18(23)20-10-9-16-15(12-20)21(17(22)13-24-16)11-14-7-5-4-6-8-14/h4-8,15-16H,9-13H2,1-3H3/t15-,16+/m1/s1. The first-order valence-electron chi connectivity index (χ1n) is 8.76. The molecular formula is C19H26N2O4. The van der Waals surface area contributed by atoms with E-state index in [0.29, 0.717) is 26.1 Å². The predicted molar refractivity (Wildman–Crippen MR) is 92.9 cm³/mol. The monoisotopic (exact) mass is 346 g/mol. The van der Waals surface area contributed by atoms with Gasteiger partial charge in [0.05, 0.1) is 12.1 Å². The number of benzene rings is 1. The van der Waals surface area contributed by atoms with Gasteiger partial charge in [0.1, 0.15) is 12.2 Å². The number of carbonyl (C=O) groups excluding carboxylic acids is 2. The van der Waals surface area contributed by atoms with Crippen molar-refractivity contribution >= 4 is 12.0 Å². The van der Waals surface area contributed by atoms with Gasteiger partial charge in [0, 0.05) is 19.6 Å². The fraction of sp³-hybridized carbons (Fsp3) is 0.579. The molecule has 2 atom stereocenters. The molecule has 0 unspecified atom stereocenters. The van der Waals surface area contributed by atoms with Crippen molar-refractivity contribution in [3.8, 4) is 0 Å². The number of carbonyl (C=O) groups is 2. The van der Waals surface area contributed by atoms with Crippen LogP contribution < -0.4 is 0 Å². The first kappa shape index (κ1) is 17.7. The van der Waals surface area contributed by atoms with Gasteiger partial charge in [-0.1, -0.05) is 30.3 Å². The van der Waals surface area contributed by atoms with Crippen LogP contribution in [0.2, 0.25) is 0 Å². The van der Waals surface area contributed by atoms with E-state index >= 15 is 0 Å². The van der Waals surface area contributed by atoms with E-state index in [2.05, 4.69) is 0 Å². The van der Waals surface area contributed by atoms with E-state index in [-0.39, 0.29) is 30.8 Å². The molecule has 3 rings (SSSR count). The molecule has 0 bridgehead atoms. The van der Waals surface area contributed by atoms with Crippen molar-refractivity contribution < 1.29 is 19.1 Å². The van der Waals surface area contributed by atoms with Crippen LogP contribution in [-0.4, -0.2) is 59.2 Å². The maximum Gasteiger partial charge on any atom is 0.410 e. The second-order valence-electron chi connectivity index (χ2n) is 7.64. The number of nitrogens with zero attached hydrogens (tertiary/aromatic N) is 2. The zero-order chi connectivity index (χ0) is 18.0. The number of likely N-dealkylation sites (tertiary alicyclic amines) is 1. The third-order valence-electron chi connectivity index (χ3n) is 4.51. The highest BCUT2D eigenvalue weighted by Crippen LogP contribution is 2.26. The van der Waals surface area contributed by atoms with Crippen LogP contribution in [0.25, 0.3) is 0 Å². The highest BCUT2D eigenvalue weighted by atomic mass is 16.6. The molecule has 6 heteroatoms. The number of piperidine rings is 1. The fourth-order valence-corrected chi connectivity index (χ4v) is 3.33. The van der Waals surface area contributed by atoms with Gasteiger partial charge in [0.2, 0.25) is 5.91 Å². The molecule has 25 heavy (non-hydrogen) atoms. The summed E-state index contributed by atoms with van der Waals surface area (Å²) in [5.41, 5.74) is 0.544. The van der Waals surface area contributed by atoms with Gasteiger partial charge < -0.3 is 19.3 Å². The number of amides is 2. The molecule has 0 N–H and O–H groups in total. The fourth-order valence-electron chi connectivity index (χ4n) is 3.33. The summed E-state index contributed by atoms with van der Waals surface area (Å²) in [6.07, 6.45) is 0.353. The van der Waals surface area contributed by atoms with Crippen molar-refractivity contribution in [2.45, 2.75) is 51.5 Å². The summed E-state index contributed by atoms with van der Waals surface area (Å²) in [6, 6.07) is 9.76. The summed E-state index contributed by atoms with van der Waals surface area (Å²) in [7, 11) is 0. The van der Waals surface area contributed by atoms with Crippen LogP contribution >= 0.6 is 0 Å². The Balaban J connectivity index is 1.73. The minimum Gasteiger partial charge on any atom is -0.444 e. The van der Waals surface area contributed by atoms with Gasteiger partial charge in [-0.15, -0.1) is 0 Å². The van der Waals surface area contributed by atoms with Crippen LogP contribution in [0.4, 0.5) is 4.79 Å². The summed E-state index contributed by atoms with van der Waals surface area (Å²) in [5, 5.41) is 0. The van der Waals surface area contributed by atoms with Crippen molar-refractivity contribution in [2.24, 2.45) is 0 Å². The molecule has 2 aliphatic heterocycles. The summed E-state index contributed by atoms with van der Waals surface area (Å²) in [5.74, 6) is -0.0314. The van der Waals surface area contributed by atoms with Gasteiger partial charge in [-0.05, 0) is 32.8 Å². The molecule has 136 valence electrons. The molecule has 2 fully saturated rings. The summed E-state index contributed by atoms with van der Waals surface area (Å²) >= 11 is 0. The zero-order valence-corrected chi connectivity index (χ0v) is 15.1. The molecule has 1 aromatic rings. The first-order valence-corrected chi connectivity index (χ1v) is 8.76.